The molecule has 3 aromatic rings. The van der Waals surface area contributed by atoms with Crippen LogP contribution in [0.25, 0.3) is 11.1 Å². The highest BCUT2D eigenvalue weighted by Gasteiger charge is 2.22. The van der Waals surface area contributed by atoms with Crippen LogP contribution in [0.1, 0.15) is 59.5 Å². The highest BCUT2D eigenvalue weighted by Crippen LogP contribution is 2.25. The lowest BCUT2D eigenvalue weighted by Gasteiger charge is -2.09. The van der Waals surface area contributed by atoms with Crippen molar-refractivity contribution in [1.82, 2.24) is 9.13 Å². The van der Waals surface area contributed by atoms with E-state index in [0.717, 1.165) is 22.1 Å². The van der Waals surface area contributed by atoms with Crippen LogP contribution in [-0.4, -0.2) is 26.1 Å². The minimum atomic E-state index is -0.983. The molecule has 0 spiro atoms. The average molecular weight is 441 g/mol. The van der Waals surface area contributed by atoms with Gasteiger partial charge in [0, 0.05) is 6.42 Å². The standard InChI is InChI=1S/C24H25ClN2O4/c1-3-7-20-22(25)27(21(28)8-4-2)24(31)26(20)15-16-11-13-17(14-12-16)18-9-5-6-10-19(18)23(29)30/h5-6,9-14H,3-4,7-8,15H2,1-2H3,(H,29,30). The predicted molar refractivity (Wildman–Crippen MR) is 121 cm³/mol. The predicted octanol–water partition coefficient (Wildman–Crippen LogP) is 5.11. The van der Waals surface area contributed by atoms with Crippen LogP contribution < -0.4 is 5.69 Å². The molecule has 1 heterocycles. The Morgan fingerprint density at radius 3 is 2.29 bits per heavy atom. The Balaban J connectivity index is 1.97. The molecule has 0 radical (unpaired) electrons. The first-order valence-corrected chi connectivity index (χ1v) is 10.7. The van der Waals surface area contributed by atoms with E-state index in [9.17, 15) is 19.5 Å². The molecule has 0 saturated carbocycles. The van der Waals surface area contributed by atoms with Crippen molar-refractivity contribution in [1.29, 1.82) is 0 Å². The van der Waals surface area contributed by atoms with Crippen molar-refractivity contribution in [2.45, 2.75) is 46.1 Å². The van der Waals surface area contributed by atoms with Gasteiger partial charge in [0.25, 0.3) is 0 Å². The number of nitrogens with zero attached hydrogens (tertiary/aromatic N) is 2. The Bertz CT molecular complexity index is 1160. The highest BCUT2D eigenvalue weighted by atomic mass is 35.5. The molecule has 1 aromatic heterocycles. The fourth-order valence-electron chi connectivity index (χ4n) is 3.63. The summed E-state index contributed by atoms with van der Waals surface area (Å²) in [5.74, 6) is -1.28. The molecule has 162 valence electrons. The average Bonchev–Trinajstić information content (AvgIpc) is 2.98. The Kier molecular flexibility index (Phi) is 7.13. The number of hydrogen-bond acceptors (Lipinski definition) is 3. The number of benzene rings is 2. The van der Waals surface area contributed by atoms with E-state index >= 15 is 0 Å². The number of carbonyl (C=O) groups excluding carboxylic acids is 1. The van der Waals surface area contributed by atoms with Gasteiger partial charge in [0.05, 0.1) is 17.8 Å². The molecule has 0 aliphatic carbocycles. The van der Waals surface area contributed by atoms with Gasteiger partial charge in [0.2, 0.25) is 5.91 Å². The fourth-order valence-corrected chi connectivity index (χ4v) is 4.00. The monoisotopic (exact) mass is 440 g/mol. The van der Waals surface area contributed by atoms with Gasteiger partial charge in [-0.25, -0.2) is 14.2 Å². The normalized spacial score (nSPS) is 10.9. The number of aromatic carboxylic acids is 1. The van der Waals surface area contributed by atoms with Crippen LogP contribution in [0.2, 0.25) is 5.15 Å². The third-order valence-corrected chi connectivity index (χ3v) is 5.53. The topological polar surface area (TPSA) is 81.3 Å². The Morgan fingerprint density at radius 1 is 1.00 bits per heavy atom. The quantitative estimate of drug-likeness (QED) is 0.527. The highest BCUT2D eigenvalue weighted by molar-refractivity contribution is 6.31. The second-order valence-electron chi connectivity index (χ2n) is 7.38. The Labute approximate surface area is 185 Å². The third-order valence-electron chi connectivity index (χ3n) is 5.15. The number of carboxylic acids is 1. The number of rotatable bonds is 8. The summed E-state index contributed by atoms with van der Waals surface area (Å²) in [7, 11) is 0. The fraction of sp³-hybridized carbons (Fsp3) is 0.292. The molecule has 0 fully saturated rings. The molecule has 0 aliphatic heterocycles. The number of carbonyl (C=O) groups is 2. The van der Waals surface area contributed by atoms with Crippen LogP contribution in [0.5, 0.6) is 0 Å². The van der Waals surface area contributed by atoms with Crippen LogP contribution >= 0.6 is 11.6 Å². The van der Waals surface area contributed by atoms with Gasteiger partial charge >= 0.3 is 11.7 Å². The molecule has 2 aromatic carbocycles. The van der Waals surface area contributed by atoms with Gasteiger partial charge in [-0.1, -0.05) is 74.3 Å². The van der Waals surface area contributed by atoms with Crippen molar-refractivity contribution < 1.29 is 14.7 Å². The maximum absolute atomic E-state index is 13.0. The van der Waals surface area contributed by atoms with Crippen LogP contribution in [0.15, 0.2) is 53.3 Å². The van der Waals surface area contributed by atoms with Crippen LogP contribution in [0, 0.1) is 0 Å². The number of halogens is 1. The molecule has 7 heteroatoms. The van der Waals surface area contributed by atoms with Crippen LogP contribution in [0.4, 0.5) is 0 Å². The lowest BCUT2D eigenvalue weighted by Crippen LogP contribution is -2.29. The molecule has 0 unspecified atom stereocenters. The lowest BCUT2D eigenvalue weighted by atomic mass is 9.99. The van der Waals surface area contributed by atoms with Crippen molar-refractivity contribution in [2.24, 2.45) is 0 Å². The van der Waals surface area contributed by atoms with Gasteiger partial charge in [-0.15, -0.1) is 0 Å². The van der Waals surface area contributed by atoms with Crippen LogP contribution in [-0.2, 0) is 13.0 Å². The van der Waals surface area contributed by atoms with E-state index in [0.29, 0.717) is 24.1 Å². The van der Waals surface area contributed by atoms with Crippen molar-refractivity contribution in [3.05, 3.63) is 81.0 Å². The molecule has 0 bridgehead atoms. The molecule has 1 N–H and O–H groups in total. The summed E-state index contributed by atoms with van der Waals surface area (Å²) in [6, 6.07) is 14.2. The van der Waals surface area contributed by atoms with E-state index in [2.05, 4.69) is 0 Å². The minimum Gasteiger partial charge on any atom is -0.478 e. The van der Waals surface area contributed by atoms with Crippen molar-refractivity contribution in [3.63, 3.8) is 0 Å². The first-order chi connectivity index (χ1) is 14.9. The number of aromatic nitrogens is 2. The number of imidazole rings is 1. The number of carboxylic acid groups (broad SMARTS) is 1. The van der Waals surface area contributed by atoms with Gasteiger partial charge in [0.1, 0.15) is 5.15 Å². The summed E-state index contributed by atoms with van der Waals surface area (Å²) >= 11 is 6.43. The zero-order chi connectivity index (χ0) is 22.5. The summed E-state index contributed by atoms with van der Waals surface area (Å²) in [5.41, 5.74) is 2.72. The SMILES string of the molecule is CCCC(=O)n1c(Cl)c(CCC)n(Cc2ccc(-c3ccccc3C(=O)O)cc2)c1=O. The summed E-state index contributed by atoms with van der Waals surface area (Å²) in [6.45, 7) is 4.15. The second kappa shape index (κ2) is 9.79. The first-order valence-electron chi connectivity index (χ1n) is 10.3. The van der Waals surface area contributed by atoms with Gasteiger partial charge in [-0.2, -0.15) is 0 Å². The van der Waals surface area contributed by atoms with Gasteiger partial charge in [0.15, 0.2) is 0 Å². The van der Waals surface area contributed by atoms with E-state index in [4.69, 9.17) is 11.6 Å². The maximum atomic E-state index is 13.0. The van der Waals surface area contributed by atoms with E-state index in [1.54, 1.807) is 28.8 Å². The molecule has 0 amide bonds. The molecule has 3 rings (SSSR count). The van der Waals surface area contributed by atoms with E-state index < -0.39 is 11.7 Å². The van der Waals surface area contributed by atoms with Gasteiger partial charge in [-0.3, -0.25) is 9.36 Å². The first kappa shape index (κ1) is 22.6. The van der Waals surface area contributed by atoms with Gasteiger partial charge < -0.3 is 5.11 Å². The zero-order valence-corrected chi connectivity index (χ0v) is 18.4. The van der Waals surface area contributed by atoms with Gasteiger partial charge in [-0.05, 0) is 35.6 Å². The maximum Gasteiger partial charge on any atom is 0.336 e. The number of hydrogen-bond donors (Lipinski definition) is 1. The van der Waals surface area contributed by atoms with Crippen molar-refractivity contribution in [3.8, 4) is 11.1 Å². The smallest absolute Gasteiger partial charge is 0.336 e. The summed E-state index contributed by atoms with van der Waals surface area (Å²) in [6.07, 6.45) is 2.27. The molecule has 6 nitrogen and oxygen atoms in total. The molecule has 31 heavy (non-hydrogen) atoms. The third kappa shape index (κ3) is 4.64. The summed E-state index contributed by atoms with van der Waals surface area (Å²) in [4.78, 5) is 36.9. The molecule has 0 atom stereocenters. The van der Waals surface area contributed by atoms with Crippen molar-refractivity contribution >= 4 is 23.5 Å². The Hall–Kier alpha value is -3.12. The Morgan fingerprint density at radius 2 is 1.68 bits per heavy atom. The summed E-state index contributed by atoms with van der Waals surface area (Å²) in [5, 5.41) is 9.61. The van der Waals surface area contributed by atoms with E-state index in [1.165, 1.54) is 0 Å². The second-order valence-corrected chi connectivity index (χ2v) is 7.74. The molecular weight excluding hydrogens is 416 g/mol. The molecule has 0 saturated heterocycles. The largest absolute Gasteiger partial charge is 0.478 e. The van der Waals surface area contributed by atoms with Crippen molar-refractivity contribution in [2.75, 3.05) is 0 Å². The molecule has 0 aliphatic rings. The lowest BCUT2D eigenvalue weighted by molar-refractivity contribution is 0.0697. The van der Waals surface area contributed by atoms with E-state index in [-0.39, 0.29) is 29.6 Å². The minimum absolute atomic E-state index is 0.192. The summed E-state index contributed by atoms with van der Waals surface area (Å²) < 4.78 is 2.63. The molecular formula is C24H25ClN2O4. The zero-order valence-electron chi connectivity index (χ0n) is 17.6. The van der Waals surface area contributed by atoms with Crippen LogP contribution in [0.3, 0.4) is 0 Å². The van der Waals surface area contributed by atoms with E-state index in [1.807, 2.05) is 38.1 Å².